The van der Waals surface area contributed by atoms with E-state index >= 15 is 0 Å². The van der Waals surface area contributed by atoms with Crippen LogP contribution in [0.2, 0.25) is 0 Å². The summed E-state index contributed by atoms with van der Waals surface area (Å²) < 4.78 is 6.12. The summed E-state index contributed by atoms with van der Waals surface area (Å²) >= 11 is 0. The Balaban J connectivity index is 1.89. The van der Waals surface area contributed by atoms with Gasteiger partial charge >= 0.3 is 5.97 Å². The Morgan fingerprint density at radius 2 is 1.71 bits per heavy atom. The van der Waals surface area contributed by atoms with Crippen molar-refractivity contribution in [3.8, 4) is 0 Å². The number of carbonyl (C=O) groups is 3. The van der Waals surface area contributed by atoms with Crippen LogP contribution >= 0.6 is 0 Å². The fraction of sp³-hybridized carbons (Fsp3) is 0.250. The Bertz CT molecular complexity index is 765. The molecule has 0 saturated heterocycles. The van der Waals surface area contributed by atoms with Gasteiger partial charge in [0, 0.05) is 11.3 Å². The van der Waals surface area contributed by atoms with Crippen LogP contribution in [0.3, 0.4) is 0 Å². The number of benzene rings is 1. The molecule has 0 bridgehead atoms. The molecule has 8 nitrogen and oxygen atoms in total. The van der Waals surface area contributed by atoms with Gasteiger partial charge in [0.05, 0.1) is 18.4 Å². The van der Waals surface area contributed by atoms with Crippen LogP contribution in [0.25, 0.3) is 0 Å². The summed E-state index contributed by atoms with van der Waals surface area (Å²) in [5.74, 6) is -1.38. The highest BCUT2D eigenvalue weighted by molar-refractivity contribution is 5.97. The fourth-order valence-electron chi connectivity index (χ4n) is 2.08. The van der Waals surface area contributed by atoms with Gasteiger partial charge in [0.2, 0.25) is 0 Å². The van der Waals surface area contributed by atoms with E-state index in [9.17, 15) is 14.4 Å². The second kappa shape index (κ2) is 7.40. The molecule has 0 saturated carbocycles. The number of amides is 2. The SMILES string of the molecule is COC(=O)c1ccc(C(=O)NNC(=O)Cn2nc(C)cc2C)cc1. The van der Waals surface area contributed by atoms with E-state index in [2.05, 4.69) is 20.7 Å². The standard InChI is InChI=1S/C16H18N4O4/c1-10-8-11(2)20(19-10)9-14(21)17-18-15(22)12-4-6-13(7-5-12)16(23)24-3/h4-8H,9H2,1-3H3,(H,17,21)(H,18,22). The van der Waals surface area contributed by atoms with Crippen LogP contribution in [0.15, 0.2) is 30.3 Å². The number of aryl methyl sites for hydroxylation is 2. The quantitative estimate of drug-likeness (QED) is 0.636. The third-order valence-corrected chi connectivity index (χ3v) is 3.28. The van der Waals surface area contributed by atoms with Crippen molar-refractivity contribution in [1.82, 2.24) is 20.6 Å². The van der Waals surface area contributed by atoms with Crippen molar-refractivity contribution < 1.29 is 19.1 Å². The summed E-state index contributed by atoms with van der Waals surface area (Å²) in [6.45, 7) is 3.68. The number of carbonyl (C=O) groups excluding carboxylic acids is 3. The maximum Gasteiger partial charge on any atom is 0.337 e. The van der Waals surface area contributed by atoms with Gasteiger partial charge in [-0.15, -0.1) is 0 Å². The summed E-state index contributed by atoms with van der Waals surface area (Å²) in [4.78, 5) is 35.1. The van der Waals surface area contributed by atoms with Gasteiger partial charge in [-0.25, -0.2) is 4.79 Å². The van der Waals surface area contributed by atoms with Crippen molar-refractivity contribution >= 4 is 17.8 Å². The van der Waals surface area contributed by atoms with Crippen LogP contribution in [-0.4, -0.2) is 34.7 Å². The van der Waals surface area contributed by atoms with Crippen LogP contribution < -0.4 is 10.9 Å². The molecule has 1 heterocycles. The zero-order valence-corrected chi connectivity index (χ0v) is 13.6. The smallest absolute Gasteiger partial charge is 0.337 e. The molecule has 24 heavy (non-hydrogen) atoms. The Morgan fingerprint density at radius 1 is 1.08 bits per heavy atom. The Hall–Kier alpha value is -3.16. The van der Waals surface area contributed by atoms with Crippen molar-refractivity contribution in [3.05, 3.63) is 52.8 Å². The lowest BCUT2D eigenvalue weighted by molar-refractivity contribution is -0.122. The second-order valence-electron chi connectivity index (χ2n) is 5.16. The predicted octanol–water partition coefficient (Wildman–Crippen LogP) is 0.748. The molecule has 0 aliphatic rings. The molecule has 0 spiro atoms. The van der Waals surface area contributed by atoms with E-state index in [1.54, 1.807) is 4.68 Å². The van der Waals surface area contributed by atoms with Gasteiger partial charge in [-0.05, 0) is 44.2 Å². The number of rotatable bonds is 4. The molecule has 0 fully saturated rings. The first-order valence-corrected chi connectivity index (χ1v) is 7.19. The molecular weight excluding hydrogens is 312 g/mol. The molecule has 0 atom stereocenters. The van der Waals surface area contributed by atoms with E-state index in [0.29, 0.717) is 11.1 Å². The minimum Gasteiger partial charge on any atom is -0.465 e. The van der Waals surface area contributed by atoms with Gasteiger partial charge in [-0.2, -0.15) is 5.10 Å². The monoisotopic (exact) mass is 330 g/mol. The molecule has 0 unspecified atom stereocenters. The summed E-state index contributed by atoms with van der Waals surface area (Å²) in [6, 6.07) is 7.73. The van der Waals surface area contributed by atoms with Crippen molar-refractivity contribution in [2.24, 2.45) is 0 Å². The zero-order chi connectivity index (χ0) is 17.7. The molecule has 2 aromatic rings. The summed E-state index contributed by atoms with van der Waals surface area (Å²) in [7, 11) is 1.28. The minimum absolute atomic E-state index is 0.00122. The Kier molecular flexibility index (Phi) is 5.31. The van der Waals surface area contributed by atoms with Gasteiger partial charge in [0.1, 0.15) is 6.54 Å². The molecule has 8 heteroatoms. The highest BCUT2D eigenvalue weighted by Gasteiger charge is 2.11. The molecule has 0 aliphatic heterocycles. The van der Waals surface area contributed by atoms with E-state index < -0.39 is 17.8 Å². The lowest BCUT2D eigenvalue weighted by atomic mass is 10.1. The van der Waals surface area contributed by atoms with Crippen LogP contribution in [0.5, 0.6) is 0 Å². The van der Waals surface area contributed by atoms with Gasteiger partial charge in [-0.3, -0.25) is 25.1 Å². The van der Waals surface area contributed by atoms with Crippen LogP contribution in [0.4, 0.5) is 0 Å². The summed E-state index contributed by atoms with van der Waals surface area (Å²) in [5, 5.41) is 4.17. The number of hydrogen-bond donors (Lipinski definition) is 2. The second-order valence-corrected chi connectivity index (χ2v) is 5.16. The summed E-state index contributed by atoms with van der Waals surface area (Å²) in [5.41, 5.74) is 6.94. The first-order valence-electron chi connectivity index (χ1n) is 7.19. The third-order valence-electron chi connectivity index (χ3n) is 3.28. The number of nitrogens with zero attached hydrogens (tertiary/aromatic N) is 2. The average molecular weight is 330 g/mol. The van der Waals surface area contributed by atoms with E-state index in [0.717, 1.165) is 11.4 Å². The molecule has 2 N–H and O–H groups in total. The fourth-order valence-corrected chi connectivity index (χ4v) is 2.08. The topological polar surface area (TPSA) is 102 Å². The van der Waals surface area contributed by atoms with Gasteiger partial charge in [0.25, 0.3) is 11.8 Å². The number of nitrogens with one attached hydrogen (secondary N) is 2. The number of esters is 1. The molecule has 0 radical (unpaired) electrons. The normalized spacial score (nSPS) is 10.1. The maximum atomic E-state index is 12.0. The Labute approximate surface area is 138 Å². The number of hydrazine groups is 1. The van der Waals surface area contributed by atoms with Crippen LogP contribution in [0.1, 0.15) is 32.1 Å². The molecule has 1 aromatic carbocycles. The highest BCUT2D eigenvalue weighted by atomic mass is 16.5. The van der Waals surface area contributed by atoms with Crippen molar-refractivity contribution in [3.63, 3.8) is 0 Å². The number of methoxy groups -OCH3 is 1. The predicted molar refractivity (Wildman–Crippen MR) is 85.1 cm³/mol. The largest absolute Gasteiger partial charge is 0.465 e. The zero-order valence-electron chi connectivity index (χ0n) is 13.6. The number of hydrogen-bond acceptors (Lipinski definition) is 5. The first-order chi connectivity index (χ1) is 11.4. The Morgan fingerprint density at radius 3 is 2.25 bits per heavy atom. The van der Waals surface area contributed by atoms with E-state index in [1.165, 1.54) is 31.4 Å². The van der Waals surface area contributed by atoms with E-state index in [1.807, 2.05) is 19.9 Å². The minimum atomic E-state index is -0.492. The lowest BCUT2D eigenvalue weighted by Crippen LogP contribution is -2.43. The first kappa shape index (κ1) is 17.2. The molecule has 126 valence electrons. The van der Waals surface area contributed by atoms with Gasteiger partial charge in [0.15, 0.2) is 0 Å². The van der Waals surface area contributed by atoms with E-state index in [4.69, 9.17) is 0 Å². The van der Waals surface area contributed by atoms with Crippen molar-refractivity contribution in [1.29, 1.82) is 0 Å². The van der Waals surface area contributed by atoms with E-state index in [-0.39, 0.29) is 6.54 Å². The molecule has 2 amide bonds. The summed E-state index contributed by atoms with van der Waals surface area (Å²) in [6.07, 6.45) is 0. The molecule has 2 rings (SSSR count). The third kappa shape index (κ3) is 4.19. The van der Waals surface area contributed by atoms with Crippen LogP contribution in [-0.2, 0) is 16.1 Å². The molecule has 1 aromatic heterocycles. The molecular formula is C16H18N4O4. The maximum absolute atomic E-state index is 12.0. The number of aromatic nitrogens is 2. The average Bonchev–Trinajstić information content (AvgIpc) is 2.89. The number of ether oxygens (including phenoxy) is 1. The van der Waals surface area contributed by atoms with Gasteiger partial charge < -0.3 is 4.74 Å². The van der Waals surface area contributed by atoms with Gasteiger partial charge in [-0.1, -0.05) is 0 Å². The lowest BCUT2D eigenvalue weighted by Gasteiger charge is -2.08. The highest BCUT2D eigenvalue weighted by Crippen LogP contribution is 2.05. The van der Waals surface area contributed by atoms with Crippen LogP contribution in [0, 0.1) is 13.8 Å². The molecule has 0 aliphatic carbocycles. The van der Waals surface area contributed by atoms with Crippen molar-refractivity contribution in [2.45, 2.75) is 20.4 Å². The van der Waals surface area contributed by atoms with Crippen molar-refractivity contribution in [2.75, 3.05) is 7.11 Å².